The molecule has 0 nitrogen and oxygen atoms in total. The number of fused-ring (bicyclic) bond motifs is 2. The highest BCUT2D eigenvalue weighted by molar-refractivity contribution is 4.96. The van der Waals surface area contributed by atoms with Crippen molar-refractivity contribution in [1.29, 1.82) is 0 Å². The molecule has 8 heavy (non-hydrogen) atoms. The lowest BCUT2D eigenvalue weighted by Gasteiger charge is -2.14. The second kappa shape index (κ2) is 1.26. The Morgan fingerprint density at radius 3 is 2.00 bits per heavy atom. The van der Waals surface area contributed by atoms with Crippen LogP contribution in [0.3, 0.4) is 0 Å². The highest BCUT2D eigenvalue weighted by Gasteiger charge is 2.44. The Hall–Kier alpha value is -0.0700. The van der Waals surface area contributed by atoms with Gasteiger partial charge < -0.3 is 0 Å². The molecule has 1 heteroatoms. The Balaban J connectivity index is 2.19. The molecule has 2 bridgehead atoms. The van der Waals surface area contributed by atoms with Gasteiger partial charge in [0, 0.05) is 0 Å². The molecule has 0 aliphatic heterocycles. The van der Waals surface area contributed by atoms with E-state index in [9.17, 15) is 4.39 Å². The first-order chi connectivity index (χ1) is 3.79. The molecule has 0 unspecified atom stereocenters. The van der Waals surface area contributed by atoms with Crippen LogP contribution in [0.15, 0.2) is 0 Å². The Labute approximate surface area is 49.1 Å². The summed E-state index contributed by atoms with van der Waals surface area (Å²) in [4.78, 5) is 0. The van der Waals surface area contributed by atoms with Crippen LogP contribution in [0.5, 0.6) is 0 Å². The van der Waals surface area contributed by atoms with E-state index in [1.165, 1.54) is 0 Å². The van der Waals surface area contributed by atoms with Gasteiger partial charge in [-0.25, -0.2) is 4.39 Å². The van der Waals surface area contributed by atoms with E-state index >= 15 is 0 Å². The Morgan fingerprint density at radius 2 is 1.88 bits per heavy atom. The van der Waals surface area contributed by atoms with Gasteiger partial charge in [0.2, 0.25) is 0 Å². The van der Waals surface area contributed by atoms with E-state index < -0.39 is 5.67 Å². The molecule has 2 aliphatic carbocycles. The summed E-state index contributed by atoms with van der Waals surface area (Å²) in [5.41, 5.74) is -0.690. The molecule has 0 saturated heterocycles. The van der Waals surface area contributed by atoms with Crippen LogP contribution in [-0.4, -0.2) is 5.67 Å². The van der Waals surface area contributed by atoms with Gasteiger partial charge in [0.15, 0.2) is 0 Å². The molecule has 2 saturated carbocycles. The third-order valence-electron chi connectivity index (χ3n) is 2.66. The number of rotatable bonds is 0. The smallest absolute Gasteiger partial charge is 0.111 e. The lowest BCUT2D eigenvalue weighted by atomic mass is 9.99. The van der Waals surface area contributed by atoms with Gasteiger partial charge in [0.05, 0.1) is 0 Å². The van der Waals surface area contributed by atoms with E-state index in [4.69, 9.17) is 0 Å². The highest BCUT2D eigenvalue weighted by Crippen LogP contribution is 2.49. The first-order valence-corrected chi connectivity index (χ1v) is 3.47. The first-order valence-electron chi connectivity index (χ1n) is 3.47. The summed E-state index contributed by atoms with van der Waals surface area (Å²) >= 11 is 0. The van der Waals surface area contributed by atoms with E-state index in [2.05, 4.69) is 0 Å². The van der Waals surface area contributed by atoms with Crippen molar-refractivity contribution in [2.45, 2.75) is 37.8 Å². The van der Waals surface area contributed by atoms with Gasteiger partial charge in [-0.15, -0.1) is 0 Å². The number of hydrogen-bond acceptors (Lipinski definition) is 0. The van der Waals surface area contributed by atoms with Gasteiger partial charge >= 0.3 is 0 Å². The number of halogens is 1. The van der Waals surface area contributed by atoms with Gasteiger partial charge in [-0.2, -0.15) is 0 Å². The largest absolute Gasteiger partial charge is 0.244 e. The zero-order valence-corrected chi connectivity index (χ0v) is 4.99. The molecule has 0 heterocycles. The van der Waals surface area contributed by atoms with Gasteiger partial charge in [-0.05, 0) is 38.0 Å². The fraction of sp³-hybridized carbons (Fsp3) is 1.00. The van der Waals surface area contributed by atoms with Crippen LogP contribution in [0.25, 0.3) is 0 Å². The predicted molar refractivity (Wildman–Crippen MR) is 30.4 cm³/mol. The standard InChI is InChI=1S/C7H11F/c8-7-3-1-6(5-7)2-4-7/h6H,1-5H2. The van der Waals surface area contributed by atoms with Gasteiger partial charge in [0.1, 0.15) is 5.67 Å². The van der Waals surface area contributed by atoms with Gasteiger partial charge in [0.25, 0.3) is 0 Å². The normalized spacial score (nSPS) is 52.9. The minimum atomic E-state index is -0.690. The average Bonchev–Trinajstić information content (AvgIpc) is 2.21. The Bertz CT molecular complexity index is 101. The maximum atomic E-state index is 13.1. The summed E-state index contributed by atoms with van der Waals surface area (Å²) in [5, 5.41) is 0. The molecule has 0 aromatic carbocycles. The highest BCUT2D eigenvalue weighted by atomic mass is 19.1. The van der Waals surface area contributed by atoms with E-state index in [0.29, 0.717) is 0 Å². The molecule has 0 radical (unpaired) electrons. The van der Waals surface area contributed by atoms with Crippen molar-refractivity contribution in [2.24, 2.45) is 5.92 Å². The molecule has 2 fully saturated rings. The first kappa shape index (κ1) is 4.78. The van der Waals surface area contributed by atoms with Crippen LogP contribution in [-0.2, 0) is 0 Å². The van der Waals surface area contributed by atoms with Crippen molar-refractivity contribution in [3.05, 3.63) is 0 Å². The quantitative estimate of drug-likeness (QED) is 0.453. The molecule has 2 rings (SSSR count). The lowest BCUT2D eigenvalue weighted by Crippen LogP contribution is -2.13. The van der Waals surface area contributed by atoms with Gasteiger partial charge in [-0.1, -0.05) is 0 Å². The fourth-order valence-corrected chi connectivity index (χ4v) is 2.12. The monoisotopic (exact) mass is 114 g/mol. The summed E-state index contributed by atoms with van der Waals surface area (Å²) in [6.45, 7) is 0. The molecule has 2 aliphatic rings. The van der Waals surface area contributed by atoms with E-state index in [1.807, 2.05) is 0 Å². The van der Waals surface area contributed by atoms with Crippen molar-refractivity contribution in [2.75, 3.05) is 0 Å². The third kappa shape index (κ3) is 0.503. The summed E-state index contributed by atoms with van der Waals surface area (Å²) in [6, 6.07) is 0. The lowest BCUT2D eigenvalue weighted by molar-refractivity contribution is 0.176. The maximum Gasteiger partial charge on any atom is 0.111 e. The van der Waals surface area contributed by atoms with Crippen LogP contribution < -0.4 is 0 Å². The Kier molecular flexibility index (Phi) is 0.750. The topological polar surface area (TPSA) is 0 Å². The van der Waals surface area contributed by atoms with Gasteiger partial charge in [-0.3, -0.25) is 0 Å². The molecule has 0 aromatic rings. The summed E-state index contributed by atoms with van der Waals surface area (Å²) in [6.07, 6.45) is 4.93. The predicted octanol–water partition coefficient (Wildman–Crippen LogP) is 2.29. The zero-order valence-electron chi connectivity index (χ0n) is 4.99. The molecule has 0 atom stereocenters. The van der Waals surface area contributed by atoms with Crippen molar-refractivity contribution in [1.82, 2.24) is 0 Å². The van der Waals surface area contributed by atoms with Crippen molar-refractivity contribution in [3.8, 4) is 0 Å². The minimum Gasteiger partial charge on any atom is -0.244 e. The van der Waals surface area contributed by atoms with Crippen LogP contribution in [0.1, 0.15) is 32.1 Å². The maximum absolute atomic E-state index is 13.1. The fourth-order valence-electron chi connectivity index (χ4n) is 2.12. The second-order valence-electron chi connectivity index (χ2n) is 3.30. The molecule has 46 valence electrons. The van der Waals surface area contributed by atoms with Crippen LogP contribution in [0, 0.1) is 5.92 Å². The Morgan fingerprint density at radius 1 is 1.25 bits per heavy atom. The third-order valence-corrected chi connectivity index (χ3v) is 2.66. The van der Waals surface area contributed by atoms with Crippen molar-refractivity contribution in [3.63, 3.8) is 0 Å². The van der Waals surface area contributed by atoms with E-state index in [0.717, 1.165) is 38.0 Å². The zero-order chi connectivity index (χ0) is 5.61. The SMILES string of the molecule is FC12CCC(CC1)C2. The molecular weight excluding hydrogens is 103 g/mol. The molecule has 0 amide bonds. The molecule has 0 N–H and O–H groups in total. The molecule has 0 aromatic heterocycles. The van der Waals surface area contributed by atoms with Crippen molar-refractivity contribution < 1.29 is 4.39 Å². The van der Waals surface area contributed by atoms with E-state index in [1.54, 1.807) is 0 Å². The average molecular weight is 114 g/mol. The van der Waals surface area contributed by atoms with Crippen LogP contribution in [0.4, 0.5) is 4.39 Å². The summed E-state index contributed by atoms with van der Waals surface area (Å²) in [7, 11) is 0. The molecule has 0 spiro atoms. The van der Waals surface area contributed by atoms with Crippen LogP contribution in [0.2, 0.25) is 0 Å². The molecular formula is C7H11F. The number of alkyl halides is 1. The summed E-state index contributed by atoms with van der Waals surface area (Å²) in [5.74, 6) is 0.764. The van der Waals surface area contributed by atoms with Crippen LogP contribution >= 0.6 is 0 Å². The second-order valence-corrected chi connectivity index (χ2v) is 3.30. The minimum absolute atomic E-state index is 0.690. The van der Waals surface area contributed by atoms with Crippen molar-refractivity contribution >= 4 is 0 Å². The summed E-state index contributed by atoms with van der Waals surface area (Å²) < 4.78 is 13.1. The van der Waals surface area contributed by atoms with E-state index in [-0.39, 0.29) is 0 Å². The number of hydrogen-bond donors (Lipinski definition) is 0.